The fraction of sp³-hybridized carbons (Fsp3) is 0.316. The molecular formula is C19H24N2O2. The molecule has 0 aliphatic carbocycles. The number of hydrogen-bond donors (Lipinski definition) is 1. The maximum absolute atomic E-state index is 12.1. The number of benzene rings is 2. The van der Waals surface area contributed by atoms with Crippen molar-refractivity contribution in [1.82, 2.24) is 4.90 Å². The van der Waals surface area contributed by atoms with E-state index < -0.39 is 0 Å². The highest BCUT2D eigenvalue weighted by atomic mass is 16.5. The number of carbonyl (C=O) groups is 1. The molecule has 1 N–H and O–H groups in total. The van der Waals surface area contributed by atoms with E-state index in [1.807, 2.05) is 74.3 Å². The molecule has 4 heteroatoms. The first-order chi connectivity index (χ1) is 11.0. The summed E-state index contributed by atoms with van der Waals surface area (Å²) in [5, 5.41) is 2.97. The van der Waals surface area contributed by atoms with Gasteiger partial charge in [-0.25, -0.2) is 0 Å². The number of rotatable bonds is 7. The van der Waals surface area contributed by atoms with Gasteiger partial charge in [0.15, 0.2) is 0 Å². The first-order valence-corrected chi connectivity index (χ1v) is 7.78. The fourth-order valence-electron chi connectivity index (χ4n) is 2.22. The van der Waals surface area contributed by atoms with Crippen LogP contribution in [0.3, 0.4) is 0 Å². The zero-order chi connectivity index (χ0) is 16.7. The average Bonchev–Trinajstić information content (AvgIpc) is 2.52. The molecule has 0 spiro atoms. The molecule has 2 rings (SSSR count). The van der Waals surface area contributed by atoms with Crippen LogP contribution in [-0.4, -0.2) is 37.6 Å². The molecule has 0 bridgehead atoms. The number of likely N-dealkylation sites (N-methyl/N-ethyl adjacent to an activating group) is 1. The van der Waals surface area contributed by atoms with Crippen LogP contribution in [0.5, 0.6) is 5.75 Å². The largest absolute Gasteiger partial charge is 0.492 e. The van der Waals surface area contributed by atoms with Gasteiger partial charge in [0.25, 0.3) is 0 Å². The number of ether oxygens (including phenoxy) is 1. The second-order valence-electron chi connectivity index (χ2n) is 5.77. The molecule has 23 heavy (non-hydrogen) atoms. The average molecular weight is 312 g/mol. The van der Waals surface area contributed by atoms with Gasteiger partial charge >= 0.3 is 0 Å². The van der Waals surface area contributed by atoms with Crippen molar-refractivity contribution in [3.8, 4) is 5.75 Å². The highest BCUT2D eigenvalue weighted by Gasteiger charge is 2.08. The summed E-state index contributed by atoms with van der Waals surface area (Å²) in [7, 11) is 1.91. The molecule has 0 fully saturated rings. The summed E-state index contributed by atoms with van der Waals surface area (Å²) in [6.45, 7) is 5.59. The minimum atomic E-state index is -0.0130. The van der Waals surface area contributed by atoms with E-state index in [4.69, 9.17) is 4.74 Å². The summed E-state index contributed by atoms with van der Waals surface area (Å²) in [6.07, 6.45) is 0. The van der Waals surface area contributed by atoms with E-state index in [2.05, 4.69) is 5.32 Å². The number of nitrogens with zero attached hydrogens (tertiary/aromatic N) is 1. The third-order valence-corrected chi connectivity index (χ3v) is 3.57. The van der Waals surface area contributed by atoms with Crippen molar-refractivity contribution in [2.24, 2.45) is 0 Å². The van der Waals surface area contributed by atoms with E-state index in [-0.39, 0.29) is 5.91 Å². The van der Waals surface area contributed by atoms with Crippen molar-refractivity contribution in [2.75, 3.05) is 32.1 Å². The Bertz CT molecular complexity index is 641. The van der Waals surface area contributed by atoms with E-state index in [0.29, 0.717) is 19.7 Å². The van der Waals surface area contributed by atoms with Crippen LogP contribution in [0.15, 0.2) is 48.5 Å². The van der Waals surface area contributed by atoms with Crippen LogP contribution in [-0.2, 0) is 4.79 Å². The normalized spacial score (nSPS) is 10.6. The van der Waals surface area contributed by atoms with Crippen molar-refractivity contribution < 1.29 is 9.53 Å². The highest BCUT2D eigenvalue weighted by molar-refractivity contribution is 5.93. The van der Waals surface area contributed by atoms with Gasteiger partial charge < -0.3 is 10.1 Å². The molecular weight excluding hydrogens is 288 g/mol. The molecule has 0 unspecified atom stereocenters. The molecule has 1 amide bonds. The monoisotopic (exact) mass is 312 g/mol. The molecule has 0 heterocycles. The molecule has 0 aliphatic heterocycles. The Kier molecular flexibility index (Phi) is 6.18. The van der Waals surface area contributed by atoms with Crippen LogP contribution in [0, 0.1) is 13.8 Å². The number of nitrogens with one attached hydrogen (secondary N) is 1. The Hall–Kier alpha value is -2.33. The minimum Gasteiger partial charge on any atom is -0.492 e. The van der Waals surface area contributed by atoms with Gasteiger partial charge in [0.1, 0.15) is 12.4 Å². The van der Waals surface area contributed by atoms with Crippen molar-refractivity contribution in [3.05, 3.63) is 59.7 Å². The van der Waals surface area contributed by atoms with Gasteiger partial charge in [-0.1, -0.05) is 30.3 Å². The lowest BCUT2D eigenvalue weighted by Gasteiger charge is -2.17. The van der Waals surface area contributed by atoms with Gasteiger partial charge in [-0.2, -0.15) is 0 Å². The number of aryl methyl sites for hydroxylation is 2. The Morgan fingerprint density at radius 3 is 2.61 bits per heavy atom. The molecule has 0 saturated heterocycles. The van der Waals surface area contributed by atoms with Crippen LogP contribution in [0.25, 0.3) is 0 Å². The molecule has 122 valence electrons. The van der Waals surface area contributed by atoms with Gasteiger partial charge in [0.05, 0.1) is 6.54 Å². The number of carbonyl (C=O) groups excluding carboxylic acids is 1. The van der Waals surface area contributed by atoms with Crippen LogP contribution in [0.2, 0.25) is 0 Å². The first-order valence-electron chi connectivity index (χ1n) is 7.78. The third-order valence-electron chi connectivity index (χ3n) is 3.57. The number of anilines is 1. The zero-order valence-electron chi connectivity index (χ0n) is 14.0. The van der Waals surface area contributed by atoms with Gasteiger partial charge in [0, 0.05) is 12.2 Å². The maximum atomic E-state index is 12.1. The molecule has 4 nitrogen and oxygen atoms in total. The molecule has 0 aromatic heterocycles. The van der Waals surface area contributed by atoms with E-state index in [9.17, 15) is 4.79 Å². The number of para-hydroxylation sites is 1. The van der Waals surface area contributed by atoms with Crippen molar-refractivity contribution in [1.29, 1.82) is 0 Å². The third kappa shape index (κ3) is 5.75. The quantitative estimate of drug-likeness (QED) is 0.853. The maximum Gasteiger partial charge on any atom is 0.238 e. The standard InChI is InChI=1S/C19H24N2O2/c1-15-9-10-16(2)18(13-15)20-19(22)14-21(3)11-12-23-17-7-5-4-6-8-17/h4-10,13H,11-12,14H2,1-3H3,(H,20,22). The lowest BCUT2D eigenvalue weighted by molar-refractivity contribution is -0.117. The van der Waals surface area contributed by atoms with Crippen LogP contribution >= 0.6 is 0 Å². The summed E-state index contributed by atoms with van der Waals surface area (Å²) >= 11 is 0. The van der Waals surface area contributed by atoms with E-state index >= 15 is 0 Å². The van der Waals surface area contributed by atoms with Gasteiger partial charge in [0.2, 0.25) is 5.91 Å². The second-order valence-corrected chi connectivity index (χ2v) is 5.77. The van der Waals surface area contributed by atoms with Crippen molar-refractivity contribution in [2.45, 2.75) is 13.8 Å². The molecule has 2 aromatic rings. The van der Waals surface area contributed by atoms with Crippen molar-refractivity contribution >= 4 is 11.6 Å². The van der Waals surface area contributed by atoms with Crippen LogP contribution in [0.4, 0.5) is 5.69 Å². The summed E-state index contributed by atoms with van der Waals surface area (Å²) in [6, 6.07) is 15.7. The van der Waals surface area contributed by atoms with E-state index in [0.717, 1.165) is 22.6 Å². The van der Waals surface area contributed by atoms with Crippen LogP contribution in [0.1, 0.15) is 11.1 Å². The molecule has 0 aliphatic rings. The Morgan fingerprint density at radius 1 is 1.13 bits per heavy atom. The molecule has 0 radical (unpaired) electrons. The molecule has 0 atom stereocenters. The predicted octanol–water partition coefficient (Wildman–Crippen LogP) is 3.25. The van der Waals surface area contributed by atoms with Crippen LogP contribution < -0.4 is 10.1 Å². The SMILES string of the molecule is Cc1ccc(C)c(NC(=O)CN(C)CCOc2ccccc2)c1. The van der Waals surface area contributed by atoms with E-state index in [1.165, 1.54) is 0 Å². The minimum absolute atomic E-state index is 0.0130. The predicted molar refractivity (Wildman–Crippen MR) is 94.0 cm³/mol. The first kappa shape index (κ1) is 17.0. The fourth-order valence-corrected chi connectivity index (χ4v) is 2.22. The second kappa shape index (κ2) is 8.34. The van der Waals surface area contributed by atoms with Gasteiger partial charge in [-0.3, -0.25) is 9.69 Å². The Morgan fingerprint density at radius 2 is 1.87 bits per heavy atom. The van der Waals surface area contributed by atoms with E-state index in [1.54, 1.807) is 0 Å². The lowest BCUT2D eigenvalue weighted by Crippen LogP contribution is -2.33. The Balaban J connectivity index is 1.75. The number of hydrogen-bond acceptors (Lipinski definition) is 3. The summed E-state index contributed by atoms with van der Waals surface area (Å²) in [5.74, 6) is 0.835. The summed E-state index contributed by atoms with van der Waals surface area (Å²) in [5.41, 5.74) is 3.08. The molecule has 0 saturated carbocycles. The zero-order valence-corrected chi connectivity index (χ0v) is 14.0. The smallest absolute Gasteiger partial charge is 0.238 e. The lowest BCUT2D eigenvalue weighted by atomic mass is 10.1. The topological polar surface area (TPSA) is 41.6 Å². The van der Waals surface area contributed by atoms with Gasteiger partial charge in [-0.05, 0) is 50.2 Å². The summed E-state index contributed by atoms with van der Waals surface area (Å²) < 4.78 is 5.64. The summed E-state index contributed by atoms with van der Waals surface area (Å²) in [4.78, 5) is 14.1. The number of amides is 1. The van der Waals surface area contributed by atoms with Gasteiger partial charge in [-0.15, -0.1) is 0 Å². The highest BCUT2D eigenvalue weighted by Crippen LogP contribution is 2.16. The Labute approximate surface area is 138 Å². The van der Waals surface area contributed by atoms with Crippen molar-refractivity contribution in [3.63, 3.8) is 0 Å². The molecule has 2 aromatic carbocycles.